The van der Waals surface area contributed by atoms with Crippen LogP contribution in [0.5, 0.6) is 5.75 Å². The van der Waals surface area contributed by atoms with Gasteiger partial charge < -0.3 is 47.4 Å². The summed E-state index contributed by atoms with van der Waals surface area (Å²) in [5, 5.41) is 27.4. The number of rotatable bonds is 18. The van der Waals surface area contributed by atoms with Crippen molar-refractivity contribution < 1.29 is 33.8 Å². The molecule has 2 atom stereocenters. The first-order chi connectivity index (χ1) is 20.4. The highest BCUT2D eigenvalue weighted by molar-refractivity contribution is 5.96. The Morgan fingerprint density at radius 1 is 1.07 bits per heavy atom. The average molecular weight is 596 g/mol. The molecule has 0 aliphatic carbocycles. The number of benzene rings is 2. The number of hydrogen-bond donors (Lipinski definition) is 8. The molecule has 1 unspecified atom stereocenters. The third-order valence-corrected chi connectivity index (χ3v) is 6.20. The molecular weight excluding hydrogens is 558 g/mol. The number of carboxylic acid groups (broad SMARTS) is 1. The molecule has 0 saturated carbocycles. The summed E-state index contributed by atoms with van der Waals surface area (Å²) >= 11 is 0. The van der Waals surface area contributed by atoms with E-state index in [0.717, 1.165) is 0 Å². The van der Waals surface area contributed by atoms with Gasteiger partial charge in [-0.15, -0.1) is 0 Å². The molecule has 14 heteroatoms. The average Bonchev–Trinajstić information content (AvgIpc) is 2.96. The summed E-state index contributed by atoms with van der Waals surface area (Å²) in [5.74, 6) is -2.56. The fourth-order valence-corrected chi connectivity index (χ4v) is 4.11. The van der Waals surface area contributed by atoms with E-state index in [2.05, 4.69) is 27.8 Å². The van der Waals surface area contributed by atoms with Gasteiger partial charge in [-0.25, -0.2) is 4.79 Å². The number of hydrogen-bond acceptors (Lipinski definition) is 9. The van der Waals surface area contributed by atoms with Gasteiger partial charge >= 0.3 is 12.1 Å². The second-order valence-electron chi connectivity index (χ2n) is 9.68. The number of amides is 3. The molecule has 43 heavy (non-hydrogen) atoms. The minimum Gasteiger partial charge on any atom is -0.481 e. The minimum absolute atomic E-state index is 0.177. The van der Waals surface area contributed by atoms with Gasteiger partial charge in [0.2, 0.25) is 11.8 Å². The minimum atomic E-state index is -1.90. The lowest BCUT2D eigenvalue weighted by Crippen LogP contribution is -2.62. The maximum atomic E-state index is 13.7. The van der Waals surface area contributed by atoms with Crippen LogP contribution in [0.25, 0.3) is 0 Å². The van der Waals surface area contributed by atoms with Crippen molar-refractivity contribution in [2.24, 2.45) is 11.5 Å². The van der Waals surface area contributed by atoms with Gasteiger partial charge in [-0.05, 0) is 43.0 Å². The first-order valence-electron chi connectivity index (χ1n) is 13.4. The molecule has 14 nitrogen and oxygen atoms in total. The van der Waals surface area contributed by atoms with Crippen LogP contribution in [0.2, 0.25) is 0 Å². The summed E-state index contributed by atoms with van der Waals surface area (Å²) in [7, 11) is 0. The zero-order valence-corrected chi connectivity index (χ0v) is 23.6. The van der Waals surface area contributed by atoms with Gasteiger partial charge in [0.15, 0.2) is 0 Å². The smallest absolute Gasteiger partial charge is 0.413 e. The largest absolute Gasteiger partial charge is 0.481 e. The number of ether oxygens (including phenoxy) is 1. The fourth-order valence-electron chi connectivity index (χ4n) is 4.11. The summed E-state index contributed by atoms with van der Waals surface area (Å²) in [4.78, 5) is 62.3. The van der Waals surface area contributed by atoms with Crippen molar-refractivity contribution >= 4 is 36.0 Å². The van der Waals surface area contributed by atoms with Gasteiger partial charge in [0.05, 0.1) is 18.4 Å². The van der Waals surface area contributed by atoms with Crippen molar-refractivity contribution in [1.29, 1.82) is 5.41 Å². The third kappa shape index (κ3) is 11.9. The Morgan fingerprint density at radius 2 is 1.79 bits per heavy atom. The number of carbonyl (C=O) groups excluding carboxylic acids is 4. The number of nitrogen functional groups attached to an aromatic ring is 1. The van der Waals surface area contributed by atoms with E-state index >= 15 is 0 Å². The lowest BCUT2D eigenvalue weighted by Gasteiger charge is -2.33. The Balaban J connectivity index is 2.28. The van der Waals surface area contributed by atoms with Crippen LogP contribution in [0, 0.1) is 5.41 Å². The number of para-hydroxylation sites is 1. The maximum Gasteiger partial charge on any atom is 0.413 e. The van der Waals surface area contributed by atoms with E-state index in [4.69, 9.17) is 21.6 Å². The number of aldehydes is 1. The fraction of sp³-hybridized carbons (Fsp3) is 0.310. The Bertz CT molecular complexity index is 1320. The molecule has 2 rings (SSSR count). The zero-order chi connectivity index (χ0) is 31.8. The molecule has 230 valence electrons. The summed E-state index contributed by atoms with van der Waals surface area (Å²) < 4.78 is 5.31. The van der Waals surface area contributed by atoms with Crippen LogP contribution >= 0.6 is 0 Å². The molecule has 0 saturated heterocycles. The molecular formula is C29H37N7O7. The second-order valence-corrected chi connectivity index (χ2v) is 9.68. The number of nitrogens with one attached hydrogen (secondary N) is 5. The summed E-state index contributed by atoms with van der Waals surface area (Å²) in [6, 6.07) is 13.5. The first kappa shape index (κ1) is 33.8. The zero-order valence-electron chi connectivity index (χ0n) is 23.6. The van der Waals surface area contributed by atoms with Crippen LogP contribution < -0.4 is 37.5 Å². The molecule has 0 aromatic heterocycles. The van der Waals surface area contributed by atoms with Crippen LogP contribution in [0.1, 0.15) is 36.8 Å². The summed E-state index contributed by atoms with van der Waals surface area (Å²) in [6.45, 7) is 3.37. The van der Waals surface area contributed by atoms with E-state index in [-0.39, 0.29) is 30.2 Å². The Kier molecular flexibility index (Phi) is 13.2. The van der Waals surface area contributed by atoms with Crippen LogP contribution in [0.15, 0.2) is 67.0 Å². The predicted molar refractivity (Wildman–Crippen MR) is 158 cm³/mol. The van der Waals surface area contributed by atoms with E-state index < -0.39 is 48.4 Å². The van der Waals surface area contributed by atoms with E-state index in [9.17, 15) is 29.1 Å². The van der Waals surface area contributed by atoms with Crippen molar-refractivity contribution in [3.63, 3.8) is 0 Å². The summed E-state index contributed by atoms with van der Waals surface area (Å²) in [6.07, 6.45) is -0.794. The molecule has 0 aliphatic rings. The van der Waals surface area contributed by atoms with Gasteiger partial charge in [-0.3, -0.25) is 19.8 Å². The molecule has 3 amide bonds. The normalized spacial score (nSPS) is 12.5. The third-order valence-electron chi connectivity index (χ3n) is 6.20. The van der Waals surface area contributed by atoms with Crippen LogP contribution in [0.4, 0.5) is 4.79 Å². The molecule has 0 aliphatic heterocycles. The topological polar surface area (TPSA) is 239 Å². The van der Waals surface area contributed by atoms with E-state index in [0.29, 0.717) is 36.8 Å². The van der Waals surface area contributed by atoms with Crippen molar-refractivity contribution in [3.8, 4) is 5.75 Å². The highest BCUT2D eigenvalue weighted by atomic mass is 16.6. The highest BCUT2D eigenvalue weighted by Crippen LogP contribution is 2.22. The highest BCUT2D eigenvalue weighted by Gasteiger charge is 2.41. The standard InChI is InChI=1S/C29H37N7O7/c1-19(30)33-14-6-9-22(18-37)35-24(38)17-34-27(41)29(13-12-25(39)40,16-20-7-5-8-21(15-20)26(31)32)36-28(42)43-23-10-3-2-4-11-23/h2-5,7-8,10-11,15,18,22,33H,1,6,9,12-14,16-17,30H2,(H3,31,32)(H,34,41)(H,35,38)(H,36,42)(H,39,40)/t22-,29?/m0/s1. The molecule has 0 heterocycles. The predicted octanol–water partition coefficient (Wildman–Crippen LogP) is 0.505. The number of nitrogens with two attached hydrogens (primary N) is 2. The van der Waals surface area contributed by atoms with Crippen LogP contribution in [-0.4, -0.2) is 65.8 Å². The van der Waals surface area contributed by atoms with Gasteiger partial charge in [-0.1, -0.05) is 43.0 Å². The number of aliphatic carboxylic acids is 1. The van der Waals surface area contributed by atoms with Crippen molar-refractivity contribution in [2.75, 3.05) is 13.1 Å². The molecule has 0 bridgehead atoms. The van der Waals surface area contributed by atoms with E-state index in [1.165, 1.54) is 18.2 Å². The lowest BCUT2D eigenvalue weighted by molar-refractivity contribution is -0.138. The quantitative estimate of drug-likeness (QED) is 0.0514. The SMILES string of the molecule is C=C(N)NCCC[C@@H](C=O)NC(=O)CNC(=O)C(CCC(=O)O)(Cc1cccc(C(=N)N)c1)NC(=O)Oc1ccccc1. The number of carbonyl (C=O) groups is 5. The monoisotopic (exact) mass is 595 g/mol. The van der Waals surface area contributed by atoms with Crippen molar-refractivity contribution in [1.82, 2.24) is 21.3 Å². The van der Waals surface area contributed by atoms with E-state index in [1.807, 2.05) is 0 Å². The number of amidine groups is 1. The van der Waals surface area contributed by atoms with Gasteiger partial charge in [0.25, 0.3) is 0 Å². The molecule has 0 fully saturated rings. The second kappa shape index (κ2) is 16.8. The first-order valence-corrected chi connectivity index (χ1v) is 13.4. The Hall–Kier alpha value is -5.40. The van der Waals surface area contributed by atoms with Gasteiger partial charge in [0.1, 0.15) is 23.4 Å². The lowest BCUT2D eigenvalue weighted by atomic mass is 9.84. The van der Waals surface area contributed by atoms with E-state index in [1.54, 1.807) is 36.4 Å². The number of carboxylic acids is 1. The molecule has 2 aromatic carbocycles. The van der Waals surface area contributed by atoms with Crippen molar-refractivity contribution in [3.05, 3.63) is 78.1 Å². The van der Waals surface area contributed by atoms with Gasteiger partial charge in [-0.2, -0.15) is 0 Å². The van der Waals surface area contributed by atoms with Crippen LogP contribution in [-0.2, 0) is 25.6 Å². The van der Waals surface area contributed by atoms with Crippen LogP contribution in [0.3, 0.4) is 0 Å². The Labute approximate surface area is 248 Å². The molecule has 10 N–H and O–H groups in total. The van der Waals surface area contributed by atoms with Gasteiger partial charge in [0, 0.05) is 24.9 Å². The maximum absolute atomic E-state index is 13.7. The Morgan fingerprint density at radius 3 is 2.42 bits per heavy atom. The molecule has 0 spiro atoms. The molecule has 0 radical (unpaired) electrons. The van der Waals surface area contributed by atoms with Crippen molar-refractivity contribution in [2.45, 2.75) is 43.7 Å². The summed E-state index contributed by atoms with van der Waals surface area (Å²) in [5.41, 5.74) is 9.94. The molecule has 2 aromatic rings.